The van der Waals surface area contributed by atoms with E-state index < -0.39 is 5.69 Å². The highest BCUT2D eigenvalue weighted by molar-refractivity contribution is 5.69. The van der Waals surface area contributed by atoms with Gasteiger partial charge in [-0.1, -0.05) is 0 Å². The van der Waals surface area contributed by atoms with E-state index in [2.05, 4.69) is 15.0 Å². The van der Waals surface area contributed by atoms with Crippen molar-refractivity contribution in [2.45, 2.75) is 0 Å². The summed E-state index contributed by atoms with van der Waals surface area (Å²) in [5.74, 6) is -0.915. The number of nitrogens with zero attached hydrogens (tertiary/aromatic N) is 2. The molecule has 0 atom stereocenters. The van der Waals surface area contributed by atoms with Crippen molar-refractivity contribution >= 4 is 0 Å². The maximum atomic E-state index is 11.7. The van der Waals surface area contributed by atoms with E-state index in [1.165, 1.54) is 24.3 Å². The lowest BCUT2D eigenvalue weighted by molar-refractivity contribution is 0.451. The molecular weight excluding hydrogens is 302 g/mol. The third-order valence-electron chi connectivity index (χ3n) is 3.11. The molecule has 0 radical (unpaired) electrons. The number of phenols is 4. The molecule has 1 aromatic heterocycles. The van der Waals surface area contributed by atoms with E-state index in [1.54, 1.807) is 0 Å². The molecule has 2 aromatic carbocycles. The normalized spacial score (nSPS) is 10.6. The summed E-state index contributed by atoms with van der Waals surface area (Å²) in [5, 5.41) is 38.3. The fourth-order valence-corrected chi connectivity index (χ4v) is 2.06. The number of nitrogens with one attached hydrogen (secondary N) is 1. The van der Waals surface area contributed by atoms with Crippen molar-refractivity contribution in [2.75, 3.05) is 0 Å². The van der Waals surface area contributed by atoms with Crippen LogP contribution >= 0.6 is 0 Å². The van der Waals surface area contributed by atoms with Crippen LogP contribution in [0.1, 0.15) is 0 Å². The van der Waals surface area contributed by atoms with Crippen molar-refractivity contribution in [1.29, 1.82) is 0 Å². The summed E-state index contributed by atoms with van der Waals surface area (Å²) in [5.41, 5.74) is -0.403. The number of aromatic amines is 1. The van der Waals surface area contributed by atoms with Crippen molar-refractivity contribution in [3.05, 3.63) is 46.9 Å². The summed E-state index contributed by atoms with van der Waals surface area (Å²) in [6.07, 6.45) is 0. The molecule has 0 amide bonds. The summed E-state index contributed by atoms with van der Waals surface area (Å²) < 4.78 is 0. The Morgan fingerprint density at radius 2 is 1.35 bits per heavy atom. The number of hydrogen-bond acceptors (Lipinski definition) is 7. The third-order valence-corrected chi connectivity index (χ3v) is 3.11. The van der Waals surface area contributed by atoms with Crippen LogP contribution in [0.25, 0.3) is 22.8 Å². The molecule has 0 saturated heterocycles. The summed E-state index contributed by atoms with van der Waals surface area (Å²) in [7, 11) is 0. The number of H-pyrrole nitrogens is 1. The first-order chi connectivity index (χ1) is 10.9. The lowest BCUT2D eigenvalue weighted by Crippen LogP contribution is -2.14. The fourth-order valence-electron chi connectivity index (χ4n) is 2.06. The van der Waals surface area contributed by atoms with Gasteiger partial charge in [-0.2, -0.15) is 4.98 Å². The Morgan fingerprint density at radius 3 is 1.91 bits per heavy atom. The van der Waals surface area contributed by atoms with E-state index >= 15 is 0 Å². The highest BCUT2D eigenvalue weighted by Crippen LogP contribution is 2.32. The van der Waals surface area contributed by atoms with Gasteiger partial charge in [0.2, 0.25) is 0 Å². The van der Waals surface area contributed by atoms with Crippen LogP contribution in [0.3, 0.4) is 0 Å². The van der Waals surface area contributed by atoms with E-state index in [9.17, 15) is 25.2 Å². The van der Waals surface area contributed by atoms with E-state index in [-0.39, 0.29) is 45.8 Å². The maximum absolute atomic E-state index is 11.7. The van der Waals surface area contributed by atoms with Crippen LogP contribution in [-0.2, 0) is 0 Å². The van der Waals surface area contributed by atoms with E-state index in [4.69, 9.17) is 0 Å². The van der Waals surface area contributed by atoms with Crippen LogP contribution in [0.5, 0.6) is 23.0 Å². The van der Waals surface area contributed by atoms with Crippen LogP contribution in [0.2, 0.25) is 0 Å². The summed E-state index contributed by atoms with van der Waals surface area (Å²) in [4.78, 5) is 21.9. The molecule has 0 spiro atoms. The van der Waals surface area contributed by atoms with Gasteiger partial charge in [0.1, 0.15) is 28.8 Å². The number of aromatic hydroxyl groups is 4. The van der Waals surface area contributed by atoms with E-state index in [1.807, 2.05) is 0 Å². The highest BCUT2D eigenvalue weighted by atomic mass is 16.3. The molecule has 0 aliphatic rings. The standard InChI is InChI=1S/C15H11N3O5/c19-7-1-3-9(11(21)5-7)13-16-14(18-15(23)17-13)10-4-2-8(20)6-12(10)22/h1-6,19-22H,(H,16,17,18,23). The molecule has 1 heterocycles. The summed E-state index contributed by atoms with van der Waals surface area (Å²) in [6, 6.07) is 7.58. The molecule has 0 aliphatic carbocycles. The van der Waals surface area contributed by atoms with Crippen LogP contribution in [-0.4, -0.2) is 35.4 Å². The fraction of sp³-hybridized carbons (Fsp3) is 0. The van der Waals surface area contributed by atoms with Crippen molar-refractivity contribution in [3.63, 3.8) is 0 Å². The van der Waals surface area contributed by atoms with Gasteiger partial charge in [0.25, 0.3) is 0 Å². The van der Waals surface area contributed by atoms with Crippen LogP contribution < -0.4 is 5.69 Å². The average molecular weight is 313 g/mol. The van der Waals surface area contributed by atoms with E-state index in [0.29, 0.717) is 0 Å². The van der Waals surface area contributed by atoms with E-state index in [0.717, 1.165) is 12.1 Å². The summed E-state index contributed by atoms with van der Waals surface area (Å²) >= 11 is 0. The Hall–Kier alpha value is -3.55. The predicted octanol–water partition coefficient (Wildman–Crippen LogP) is 1.32. The molecule has 8 heteroatoms. The molecule has 8 nitrogen and oxygen atoms in total. The number of rotatable bonds is 2. The topological polar surface area (TPSA) is 140 Å². The molecule has 3 rings (SSSR count). The van der Waals surface area contributed by atoms with Crippen LogP contribution in [0.4, 0.5) is 0 Å². The zero-order valence-corrected chi connectivity index (χ0v) is 11.6. The molecule has 5 N–H and O–H groups in total. The lowest BCUT2D eigenvalue weighted by atomic mass is 10.1. The Morgan fingerprint density at radius 1 is 0.783 bits per heavy atom. The van der Waals surface area contributed by atoms with Gasteiger partial charge in [-0.25, -0.2) is 9.78 Å². The van der Waals surface area contributed by atoms with Gasteiger partial charge in [-0.15, -0.1) is 0 Å². The number of benzene rings is 2. The molecule has 0 bridgehead atoms. The number of hydrogen-bond donors (Lipinski definition) is 5. The first kappa shape index (κ1) is 14.4. The smallest absolute Gasteiger partial charge is 0.348 e. The lowest BCUT2D eigenvalue weighted by Gasteiger charge is -2.07. The van der Waals surface area contributed by atoms with Crippen LogP contribution in [0, 0.1) is 0 Å². The van der Waals surface area contributed by atoms with Crippen molar-refractivity contribution in [1.82, 2.24) is 15.0 Å². The van der Waals surface area contributed by atoms with Gasteiger partial charge < -0.3 is 20.4 Å². The van der Waals surface area contributed by atoms with Gasteiger partial charge in [-0.3, -0.25) is 4.98 Å². The zero-order chi connectivity index (χ0) is 16.6. The Kier molecular flexibility index (Phi) is 3.34. The first-order valence-corrected chi connectivity index (χ1v) is 6.47. The average Bonchev–Trinajstić information content (AvgIpc) is 2.46. The zero-order valence-electron chi connectivity index (χ0n) is 11.6. The number of phenolic OH excluding ortho intramolecular Hbond substituents is 4. The predicted molar refractivity (Wildman–Crippen MR) is 80.2 cm³/mol. The van der Waals surface area contributed by atoms with Gasteiger partial charge in [0.15, 0.2) is 5.82 Å². The monoisotopic (exact) mass is 313 g/mol. The molecular formula is C15H11N3O5. The molecule has 0 aliphatic heterocycles. The van der Waals surface area contributed by atoms with Gasteiger partial charge in [-0.05, 0) is 24.3 Å². The van der Waals surface area contributed by atoms with Crippen molar-refractivity contribution in [2.24, 2.45) is 0 Å². The van der Waals surface area contributed by atoms with Crippen molar-refractivity contribution < 1.29 is 20.4 Å². The first-order valence-electron chi connectivity index (χ1n) is 6.47. The minimum absolute atomic E-state index is 0.0185. The third kappa shape index (κ3) is 2.77. The minimum atomic E-state index is -0.732. The Balaban J connectivity index is 2.18. The Bertz CT molecular complexity index is 879. The molecule has 3 aromatic rings. The maximum Gasteiger partial charge on any atom is 0.348 e. The second kappa shape index (κ2) is 5.34. The van der Waals surface area contributed by atoms with Gasteiger partial charge in [0, 0.05) is 12.1 Å². The largest absolute Gasteiger partial charge is 0.508 e. The highest BCUT2D eigenvalue weighted by Gasteiger charge is 2.14. The summed E-state index contributed by atoms with van der Waals surface area (Å²) in [6.45, 7) is 0. The second-order valence-electron chi connectivity index (χ2n) is 4.73. The molecule has 23 heavy (non-hydrogen) atoms. The molecule has 0 fully saturated rings. The molecule has 0 unspecified atom stereocenters. The van der Waals surface area contributed by atoms with Crippen molar-refractivity contribution in [3.8, 4) is 45.8 Å². The quantitative estimate of drug-likeness (QED) is 0.480. The Labute approximate surface area is 129 Å². The number of aromatic nitrogens is 3. The van der Waals surface area contributed by atoms with Crippen LogP contribution in [0.15, 0.2) is 41.2 Å². The second-order valence-corrected chi connectivity index (χ2v) is 4.73. The van der Waals surface area contributed by atoms with Gasteiger partial charge >= 0.3 is 5.69 Å². The SMILES string of the molecule is O=c1nc(-c2ccc(O)cc2O)nc(-c2ccc(O)cc2O)[nH]1. The molecule has 0 saturated carbocycles. The van der Waals surface area contributed by atoms with Gasteiger partial charge in [0.05, 0.1) is 11.1 Å². The molecule has 116 valence electrons. The minimum Gasteiger partial charge on any atom is -0.508 e.